The van der Waals surface area contributed by atoms with Crippen LogP contribution in [-0.4, -0.2) is 20.3 Å². The van der Waals surface area contributed by atoms with E-state index in [1.54, 1.807) is 30.3 Å². The van der Waals surface area contributed by atoms with Crippen molar-refractivity contribution in [3.63, 3.8) is 0 Å². The van der Waals surface area contributed by atoms with Crippen LogP contribution < -0.4 is 9.46 Å². The number of ether oxygens (including phenoxy) is 1. The van der Waals surface area contributed by atoms with Crippen LogP contribution in [0, 0.1) is 0 Å². The first-order chi connectivity index (χ1) is 11.9. The van der Waals surface area contributed by atoms with E-state index >= 15 is 0 Å². The topological polar surface area (TPSA) is 72.5 Å². The van der Waals surface area contributed by atoms with Crippen LogP contribution in [0.1, 0.15) is 43.0 Å². The van der Waals surface area contributed by atoms with Crippen molar-refractivity contribution in [1.29, 1.82) is 0 Å². The number of Topliss-reactive ketones (excluding diaryl/α,β-unsaturated/α-hetero) is 1. The van der Waals surface area contributed by atoms with E-state index in [0.29, 0.717) is 17.0 Å². The van der Waals surface area contributed by atoms with Crippen molar-refractivity contribution in [2.24, 2.45) is 0 Å². The molecule has 0 bridgehead atoms. The summed E-state index contributed by atoms with van der Waals surface area (Å²) >= 11 is 0. The molecule has 0 aliphatic heterocycles. The second kappa shape index (κ2) is 7.27. The van der Waals surface area contributed by atoms with Gasteiger partial charge >= 0.3 is 0 Å². The summed E-state index contributed by atoms with van der Waals surface area (Å²) in [5, 5.41) is 0. The van der Waals surface area contributed by atoms with Gasteiger partial charge in [0.25, 0.3) is 10.0 Å². The number of ketones is 1. The Balaban J connectivity index is 1.73. The maximum Gasteiger partial charge on any atom is 0.261 e. The molecule has 1 aliphatic carbocycles. The molecule has 132 valence electrons. The predicted octanol–water partition coefficient (Wildman–Crippen LogP) is 4.01. The van der Waals surface area contributed by atoms with E-state index in [1.807, 2.05) is 0 Å². The molecule has 0 aromatic heterocycles. The molecule has 0 spiro atoms. The molecule has 5 nitrogen and oxygen atoms in total. The second-order valence-corrected chi connectivity index (χ2v) is 7.92. The fourth-order valence-electron chi connectivity index (χ4n) is 2.91. The largest absolute Gasteiger partial charge is 0.490 e. The third-order valence-electron chi connectivity index (χ3n) is 4.26. The van der Waals surface area contributed by atoms with Gasteiger partial charge in [-0.3, -0.25) is 9.52 Å². The Labute approximate surface area is 148 Å². The van der Waals surface area contributed by atoms with Crippen molar-refractivity contribution in [3.05, 3.63) is 54.1 Å². The summed E-state index contributed by atoms with van der Waals surface area (Å²) in [6, 6.07) is 12.8. The van der Waals surface area contributed by atoms with Gasteiger partial charge in [0.1, 0.15) is 5.75 Å². The Morgan fingerprint density at radius 1 is 1.08 bits per heavy atom. The van der Waals surface area contributed by atoms with E-state index in [1.165, 1.54) is 38.0 Å². The molecule has 0 atom stereocenters. The Morgan fingerprint density at radius 2 is 1.76 bits per heavy atom. The Kier molecular flexibility index (Phi) is 5.08. The summed E-state index contributed by atoms with van der Waals surface area (Å²) in [6.45, 7) is 1.44. The molecular formula is C19H21NO4S. The van der Waals surface area contributed by atoms with E-state index < -0.39 is 10.0 Å². The van der Waals surface area contributed by atoms with Crippen LogP contribution in [0.4, 0.5) is 5.69 Å². The third-order valence-corrected chi connectivity index (χ3v) is 5.66. The van der Waals surface area contributed by atoms with Crippen LogP contribution >= 0.6 is 0 Å². The van der Waals surface area contributed by atoms with Crippen molar-refractivity contribution in [2.45, 2.75) is 43.6 Å². The predicted molar refractivity (Wildman–Crippen MR) is 96.6 cm³/mol. The molecule has 1 fully saturated rings. The van der Waals surface area contributed by atoms with Crippen molar-refractivity contribution in [1.82, 2.24) is 0 Å². The van der Waals surface area contributed by atoms with Gasteiger partial charge in [0.05, 0.1) is 11.0 Å². The average Bonchev–Trinajstić information content (AvgIpc) is 3.08. The molecule has 1 aliphatic rings. The molecule has 6 heteroatoms. The van der Waals surface area contributed by atoms with Crippen molar-refractivity contribution >= 4 is 21.5 Å². The average molecular weight is 359 g/mol. The van der Waals surface area contributed by atoms with Gasteiger partial charge in [-0.25, -0.2) is 8.42 Å². The van der Waals surface area contributed by atoms with Gasteiger partial charge in [-0.05, 0) is 69.0 Å². The van der Waals surface area contributed by atoms with E-state index in [0.717, 1.165) is 12.8 Å². The lowest BCUT2D eigenvalue weighted by Crippen LogP contribution is -2.14. The molecule has 0 unspecified atom stereocenters. The third kappa shape index (κ3) is 4.39. The van der Waals surface area contributed by atoms with Crippen molar-refractivity contribution in [3.8, 4) is 5.75 Å². The van der Waals surface area contributed by atoms with Gasteiger partial charge in [-0.1, -0.05) is 12.1 Å². The highest BCUT2D eigenvalue weighted by Gasteiger charge is 2.18. The standard InChI is InChI=1S/C19H21NO4S/c1-14(21)15-5-4-6-16(13-15)20-25(22,23)19-11-9-18(10-12-19)24-17-7-2-3-8-17/h4-6,9-13,17,20H,2-3,7-8H2,1H3. The summed E-state index contributed by atoms with van der Waals surface area (Å²) in [4.78, 5) is 11.6. The maximum absolute atomic E-state index is 12.5. The molecule has 25 heavy (non-hydrogen) atoms. The van der Waals surface area contributed by atoms with Gasteiger partial charge in [0.15, 0.2) is 5.78 Å². The van der Waals surface area contributed by atoms with Gasteiger partial charge < -0.3 is 4.74 Å². The van der Waals surface area contributed by atoms with E-state index in [9.17, 15) is 13.2 Å². The monoisotopic (exact) mass is 359 g/mol. The quantitative estimate of drug-likeness (QED) is 0.791. The summed E-state index contributed by atoms with van der Waals surface area (Å²) in [5.74, 6) is 0.568. The molecule has 1 saturated carbocycles. The number of anilines is 1. The zero-order valence-electron chi connectivity index (χ0n) is 14.1. The minimum Gasteiger partial charge on any atom is -0.490 e. The zero-order chi connectivity index (χ0) is 17.9. The lowest BCUT2D eigenvalue weighted by atomic mass is 10.1. The highest BCUT2D eigenvalue weighted by Crippen LogP contribution is 2.25. The molecule has 3 rings (SSSR count). The van der Waals surface area contributed by atoms with Crippen LogP contribution in [0.5, 0.6) is 5.75 Å². The molecule has 0 amide bonds. The lowest BCUT2D eigenvalue weighted by Gasteiger charge is -2.14. The van der Waals surface area contributed by atoms with E-state index in [2.05, 4.69) is 4.72 Å². The summed E-state index contributed by atoms with van der Waals surface area (Å²) < 4.78 is 33.4. The minimum absolute atomic E-state index is 0.116. The van der Waals surface area contributed by atoms with Gasteiger partial charge in [0.2, 0.25) is 0 Å². The lowest BCUT2D eigenvalue weighted by molar-refractivity contribution is 0.101. The maximum atomic E-state index is 12.5. The van der Waals surface area contributed by atoms with Gasteiger partial charge in [-0.2, -0.15) is 0 Å². The highest BCUT2D eigenvalue weighted by molar-refractivity contribution is 7.92. The van der Waals surface area contributed by atoms with Crippen molar-refractivity contribution in [2.75, 3.05) is 4.72 Å². The summed E-state index contributed by atoms with van der Waals surface area (Å²) in [6.07, 6.45) is 4.69. The summed E-state index contributed by atoms with van der Waals surface area (Å²) in [7, 11) is -3.72. The molecule has 1 N–H and O–H groups in total. The highest BCUT2D eigenvalue weighted by atomic mass is 32.2. The Hall–Kier alpha value is -2.34. The molecule has 0 saturated heterocycles. The van der Waals surface area contributed by atoms with Gasteiger partial charge in [0, 0.05) is 11.3 Å². The molecular weight excluding hydrogens is 338 g/mol. The van der Waals surface area contributed by atoms with Gasteiger partial charge in [-0.15, -0.1) is 0 Å². The number of carbonyl (C=O) groups is 1. The van der Waals surface area contributed by atoms with E-state index in [-0.39, 0.29) is 16.8 Å². The van der Waals surface area contributed by atoms with Crippen LogP contribution in [-0.2, 0) is 10.0 Å². The molecule has 0 heterocycles. The molecule has 2 aromatic carbocycles. The first-order valence-corrected chi connectivity index (χ1v) is 9.83. The minimum atomic E-state index is -3.72. The fourth-order valence-corrected chi connectivity index (χ4v) is 3.96. The number of hydrogen-bond donors (Lipinski definition) is 1. The molecule has 2 aromatic rings. The summed E-state index contributed by atoms with van der Waals surface area (Å²) in [5.41, 5.74) is 0.819. The number of sulfonamides is 1. The second-order valence-electron chi connectivity index (χ2n) is 6.24. The Morgan fingerprint density at radius 3 is 2.40 bits per heavy atom. The zero-order valence-corrected chi connectivity index (χ0v) is 14.9. The Bertz CT molecular complexity index is 853. The smallest absolute Gasteiger partial charge is 0.261 e. The first-order valence-electron chi connectivity index (χ1n) is 8.34. The number of rotatable bonds is 6. The number of benzene rings is 2. The first kappa shape index (κ1) is 17.5. The van der Waals surface area contributed by atoms with Crippen LogP contribution in [0.15, 0.2) is 53.4 Å². The van der Waals surface area contributed by atoms with Crippen LogP contribution in [0.25, 0.3) is 0 Å². The molecule has 0 radical (unpaired) electrons. The van der Waals surface area contributed by atoms with E-state index in [4.69, 9.17) is 4.74 Å². The number of hydrogen-bond acceptors (Lipinski definition) is 4. The fraction of sp³-hybridized carbons (Fsp3) is 0.316. The SMILES string of the molecule is CC(=O)c1cccc(NS(=O)(=O)c2ccc(OC3CCCC3)cc2)c1. The van der Waals surface area contributed by atoms with Crippen molar-refractivity contribution < 1.29 is 17.9 Å². The normalized spacial score (nSPS) is 15.1. The number of carbonyl (C=O) groups excluding carboxylic acids is 1. The van der Waals surface area contributed by atoms with Crippen LogP contribution in [0.2, 0.25) is 0 Å². The number of nitrogens with one attached hydrogen (secondary N) is 1. The van der Waals surface area contributed by atoms with Crippen LogP contribution in [0.3, 0.4) is 0 Å².